The van der Waals surface area contributed by atoms with Gasteiger partial charge < -0.3 is 24.7 Å². The van der Waals surface area contributed by atoms with E-state index in [0.717, 1.165) is 6.42 Å². The van der Waals surface area contributed by atoms with Gasteiger partial charge in [-0.1, -0.05) is 6.08 Å². The molecule has 0 radical (unpaired) electrons. The maximum absolute atomic E-state index is 10.8. The highest BCUT2D eigenvalue weighted by atomic mass is 16.7. The summed E-state index contributed by atoms with van der Waals surface area (Å²) in [7, 11) is 1.63. The van der Waals surface area contributed by atoms with Crippen molar-refractivity contribution >= 4 is 6.09 Å². The quantitative estimate of drug-likeness (QED) is 0.717. The molecule has 0 spiro atoms. The predicted molar refractivity (Wildman–Crippen MR) is 58.2 cm³/mol. The maximum atomic E-state index is 10.8. The number of nitrogens with two attached hydrogens (primary N) is 1. The SMILES string of the molecule is COC1/C=C/C(OC(N)=O)CC2OCOC2C1. The van der Waals surface area contributed by atoms with Crippen molar-refractivity contribution in [3.8, 4) is 0 Å². The third-order valence-electron chi connectivity index (χ3n) is 3.02. The van der Waals surface area contributed by atoms with Gasteiger partial charge in [0.1, 0.15) is 12.9 Å². The lowest BCUT2D eigenvalue weighted by Crippen LogP contribution is -2.34. The standard InChI is InChI=1S/C11H17NO5/c1-14-7-2-3-8(17-11(12)13)5-10-9(4-7)15-6-16-10/h2-3,7-10H,4-6H2,1H3,(H2,12,13)/b3-2+. The minimum atomic E-state index is -0.787. The smallest absolute Gasteiger partial charge is 0.405 e. The van der Waals surface area contributed by atoms with Gasteiger partial charge in [0, 0.05) is 20.0 Å². The van der Waals surface area contributed by atoms with Gasteiger partial charge in [-0.25, -0.2) is 4.79 Å². The number of amides is 1. The molecule has 0 aromatic heterocycles. The normalized spacial score (nSPS) is 38.9. The number of carbonyl (C=O) groups is 1. The zero-order valence-electron chi connectivity index (χ0n) is 9.70. The molecule has 6 heteroatoms. The fourth-order valence-corrected chi connectivity index (χ4v) is 2.14. The van der Waals surface area contributed by atoms with Crippen molar-refractivity contribution in [1.29, 1.82) is 0 Å². The van der Waals surface area contributed by atoms with Crippen LogP contribution in [0.2, 0.25) is 0 Å². The van der Waals surface area contributed by atoms with Gasteiger partial charge in [-0.15, -0.1) is 0 Å². The van der Waals surface area contributed by atoms with Crippen molar-refractivity contribution in [2.45, 2.75) is 37.3 Å². The summed E-state index contributed by atoms with van der Waals surface area (Å²) in [5.74, 6) is 0. The van der Waals surface area contributed by atoms with E-state index in [0.29, 0.717) is 6.42 Å². The van der Waals surface area contributed by atoms with Crippen LogP contribution in [0.4, 0.5) is 4.79 Å². The highest BCUT2D eigenvalue weighted by Gasteiger charge is 2.34. The summed E-state index contributed by atoms with van der Waals surface area (Å²) in [4.78, 5) is 10.8. The van der Waals surface area contributed by atoms with E-state index in [2.05, 4.69) is 0 Å². The van der Waals surface area contributed by atoms with Gasteiger partial charge in [-0.05, 0) is 6.08 Å². The van der Waals surface area contributed by atoms with Gasteiger partial charge in [0.15, 0.2) is 0 Å². The Balaban J connectivity index is 2.07. The first-order chi connectivity index (χ1) is 8.19. The maximum Gasteiger partial charge on any atom is 0.405 e. The topological polar surface area (TPSA) is 80.0 Å². The second kappa shape index (κ2) is 5.48. The summed E-state index contributed by atoms with van der Waals surface area (Å²) in [5.41, 5.74) is 5.02. The van der Waals surface area contributed by atoms with Gasteiger partial charge in [-0.2, -0.15) is 0 Å². The van der Waals surface area contributed by atoms with E-state index in [-0.39, 0.29) is 31.2 Å². The Morgan fingerprint density at radius 2 is 1.82 bits per heavy atom. The first-order valence-corrected chi connectivity index (χ1v) is 5.59. The number of carbonyl (C=O) groups excluding carboxylic acids is 1. The molecule has 1 saturated heterocycles. The van der Waals surface area contributed by atoms with Gasteiger partial charge in [0.25, 0.3) is 0 Å². The van der Waals surface area contributed by atoms with Gasteiger partial charge in [-0.3, -0.25) is 0 Å². The summed E-state index contributed by atoms with van der Waals surface area (Å²) in [6, 6.07) is 0. The number of hydrogen-bond donors (Lipinski definition) is 1. The minimum Gasteiger partial charge on any atom is -0.442 e. The predicted octanol–water partition coefficient (Wildman–Crippen LogP) is 0.557. The zero-order chi connectivity index (χ0) is 12.3. The third-order valence-corrected chi connectivity index (χ3v) is 3.02. The average Bonchev–Trinajstić information content (AvgIpc) is 2.66. The summed E-state index contributed by atoms with van der Waals surface area (Å²) < 4.78 is 21.2. The van der Waals surface area contributed by atoms with E-state index >= 15 is 0 Å². The van der Waals surface area contributed by atoms with E-state index < -0.39 is 6.09 Å². The Kier molecular flexibility index (Phi) is 3.98. The third kappa shape index (κ3) is 3.18. The Hall–Kier alpha value is -1.11. The molecule has 4 atom stereocenters. The lowest BCUT2D eigenvalue weighted by atomic mass is 9.97. The molecule has 0 saturated carbocycles. The fourth-order valence-electron chi connectivity index (χ4n) is 2.14. The lowest BCUT2D eigenvalue weighted by Gasteiger charge is -2.25. The van der Waals surface area contributed by atoms with E-state index in [1.807, 2.05) is 6.08 Å². The van der Waals surface area contributed by atoms with Crippen LogP contribution in [0.25, 0.3) is 0 Å². The Morgan fingerprint density at radius 1 is 1.24 bits per heavy atom. The van der Waals surface area contributed by atoms with Crippen molar-refractivity contribution in [3.63, 3.8) is 0 Å². The van der Waals surface area contributed by atoms with Crippen molar-refractivity contribution in [3.05, 3.63) is 12.2 Å². The molecule has 2 rings (SSSR count). The lowest BCUT2D eigenvalue weighted by molar-refractivity contribution is 0.0254. The molecule has 2 aliphatic rings. The molecule has 1 aliphatic carbocycles. The largest absolute Gasteiger partial charge is 0.442 e. The van der Waals surface area contributed by atoms with Crippen LogP contribution in [0.3, 0.4) is 0 Å². The number of primary amides is 1. The molecule has 1 aliphatic heterocycles. The molecular weight excluding hydrogens is 226 g/mol. The molecule has 2 N–H and O–H groups in total. The zero-order valence-corrected chi connectivity index (χ0v) is 9.70. The van der Waals surface area contributed by atoms with Crippen molar-refractivity contribution in [2.24, 2.45) is 5.73 Å². The minimum absolute atomic E-state index is 0.0242. The Bertz CT molecular complexity index is 306. The summed E-state index contributed by atoms with van der Waals surface area (Å²) in [6.45, 7) is 0.273. The number of ether oxygens (including phenoxy) is 4. The summed E-state index contributed by atoms with van der Waals surface area (Å²) in [6.07, 6.45) is 3.60. The molecule has 6 nitrogen and oxygen atoms in total. The monoisotopic (exact) mass is 243 g/mol. The second-order valence-corrected chi connectivity index (χ2v) is 4.13. The van der Waals surface area contributed by atoms with Crippen LogP contribution >= 0.6 is 0 Å². The van der Waals surface area contributed by atoms with E-state index in [1.165, 1.54) is 0 Å². The Morgan fingerprint density at radius 3 is 2.41 bits per heavy atom. The molecule has 1 fully saturated rings. The average molecular weight is 243 g/mol. The van der Waals surface area contributed by atoms with Gasteiger partial charge in [0.2, 0.25) is 0 Å². The molecule has 0 bridgehead atoms. The molecular formula is C11H17NO5. The van der Waals surface area contributed by atoms with Crippen LogP contribution in [0.1, 0.15) is 12.8 Å². The molecule has 96 valence electrons. The van der Waals surface area contributed by atoms with Crippen molar-refractivity contribution < 1.29 is 23.7 Å². The molecule has 1 heterocycles. The Labute approximate surface area is 99.6 Å². The highest BCUT2D eigenvalue weighted by molar-refractivity contribution is 5.65. The van der Waals surface area contributed by atoms with Crippen LogP contribution in [-0.2, 0) is 18.9 Å². The summed E-state index contributed by atoms with van der Waals surface area (Å²) >= 11 is 0. The molecule has 0 aromatic carbocycles. The molecule has 1 amide bonds. The van der Waals surface area contributed by atoms with E-state index in [4.69, 9.17) is 24.7 Å². The van der Waals surface area contributed by atoms with Crippen LogP contribution in [0.5, 0.6) is 0 Å². The van der Waals surface area contributed by atoms with Crippen LogP contribution in [0, 0.1) is 0 Å². The van der Waals surface area contributed by atoms with Gasteiger partial charge >= 0.3 is 6.09 Å². The van der Waals surface area contributed by atoms with E-state index in [9.17, 15) is 4.79 Å². The molecule has 4 unspecified atom stereocenters. The number of hydrogen-bond acceptors (Lipinski definition) is 5. The van der Waals surface area contributed by atoms with Crippen LogP contribution < -0.4 is 5.73 Å². The molecule has 17 heavy (non-hydrogen) atoms. The van der Waals surface area contributed by atoms with Crippen molar-refractivity contribution in [1.82, 2.24) is 0 Å². The van der Waals surface area contributed by atoms with E-state index in [1.54, 1.807) is 13.2 Å². The first-order valence-electron chi connectivity index (χ1n) is 5.59. The fraction of sp³-hybridized carbons (Fsp3) is 0.727. The second-order valence-electron chi connectivity index (χ2n) is 4.13. The molecule has 0 aromatic rings. The van der Waals surface area contributed by atoms with Gasteiger partial charge in [0.05, 0.1) is 18.3 Å². The highest BCUT2D eigenvalue weighted by Crippen LogP contribution is 2.26. The van der Waals surface area contributed by atoms with Crippen LogP contribution in [-0.4, -0.2) is 44.4 Å². The number of rotatable bonds is 2. The van der Waals surface area contributed by atoms with Crippen molar-refractivity contribution in [2.75, 3.05) is 13.9 Å². The summed E-state index contributed by atoms with van der Waals surface area (Å²) in [5, 5.41) is 0. The number of fused-ring (bicyclic) bond motifs is 1. The number of methoxy groups -OCH3 is 1. The van der Waals surface area contributed by atoms with Crippen LogP contribution in [0.15, 0.2) is 12.2 Å². The first kappa shape index (κ1) is 12.3.